The maximum Gasteiger partial charge on any atom is 0.244 e. The van der Waals surface area contributed by atoms with Crippen LogP contribution in [0.5, 0.6) is 5.75 Å². The van der Waals surface area contributed by atoms with Crippen LogP contribution < -0.4 is 10.1 Å². The molecule has 0 fully saturated rings. The summed E-state index contributed by atoms with van der Waals surface area (Å²) in [5.74, 6) is 2.25. The zero-order valence-electron chi connectivity index (χ0n) is 16.3. The highest BCUT2D eigenvalue weighted by molar-refractivity contribution is 5.91. The smallest absolute Gasteiger partial charge is 0.244 e. The summed E-state index contributed by atoms with van der Waals surface area (Å²) in [6.07, 6.45) is 3.31. The van der Waals surface area contributed by atoms with Gasteiger partial charge >= 0.3 is 0 Å². The van der Waals surface area contributed by atoms with Gasteiger partial charge in [-0.2, -0.15) is 5.10 Å². The molecule has 1 aromatic heterocycles. The van der Waals surface area contributed by atoms with Crippen molar-refractivity contribution in [1.29, 1.82) is 0 Å². The largest absolute Gasteiger partial charge is 0.497 e. The molecule has 0 spiro atoms. The number of aromatic amines is 1. The second-order valence-electron chi connectivity index (χ2n) is 6.71. The van der Waals surface area contributed by atoms with Crippen molar-refractivity contribution in [3.8, 4) is 17.1 Å². The fourth-order valence-electron chi connectivity index (χ4n) is 2.64. The van der Waals surface area contributed by atoms with Gasteiger partial charge in [0.15, 0.2) is 5.82 Å². The second-order valence-corrected chi connectivity index (χ2v) is 6.71. The molecule has 1 heterocycles. The number of ether oxygens (including phenoxy) is 1. The molecule has 0 saturated heterocycles. The Kier molecular flexibility index (Phi) is 6.22. The molecule has 2 aromatic carbocycles. The third-order valence-electron chi connectivity index (χ3n) is 4.34. The minimum atomic E-state index is -0.185. The summed E-state index contributed by atoms with van der Waals surface area (Å²) in [4.78, 5) is 16.4. The monoisotopic (exact) mass is 376 g/mol. The van der Waals surface area contributed by atoms with Crippen LogP contribution in [0.25, 0.3) is 17.5 Å². The predicted octanol–water partition coefficient (Wildman–Crippen LogP) is 3.93. The first-order valence-corrected chi connectivity index (χ1v) is 9.16. The number of methoxy groups -OCH3 is 1. The van der Waals surface area contributed by atoms with Crippen LogP contribution in [0.4, 0.5) is 0 Å². The Labute approximate surface area is 164 Å². The lowest BCUT2D eigenvalue weighted by atomic mass is 10.0. The molecule has 0 atom stereocenters. The maximum atomic E-state index is 12.0. The molecule has 144 valence electrons. The standard InChI is InChI=1S/C22H24N4O2/c1-15(2)17-7-4-16(5-8-17)6-13-21(27)23-14-20-24-22(26-25-20)18-9-11-19(28-3)12-10-18/h4-13,15H,14H2,1-3H3,(H,23,27)(H,24,25,26)/b13-6+. The molecule has 3 aromatic rings. The van der Waals surface area contributed by atoms with E-state index < -0.39 is 0 Å². The van der Waals surface area contributed by atoms with Crippen LogP contribution in [0.15, 0.2) is 54.6 Å². The number of nitrogens with one attached hydrogen (secondary N) is 2. The van der Waals surface area contributed by atoms with Gasteiger partial charge in [-0.05, 0) is 47.4 Å². The fraction of sp³-hybridized carbons (Fsp3) is 0.227. The van der Waals surface area contributed by atoms with Crippen molar-refractivity contribution < 1.29 is 9.53 Å². The van der Waals surface area contributed by atoms with Crippen LogP contribution in [0.1, 0.15) is 36.7 Å². The van der Waals surface area contributed by atoms with E-state index in [0.717, 1.165) is 16.9 Å². The van der Waals surface area contributed by atoms with E-state index in [2.05, 4.69) is 46.5 Å². The van der Waals surface area contributed by atoms with Gasteiger partial charge < -0.3 is 10.1 Å². The molecule has 0 unspecified atom stereocenters. The van der Waals surface area contributed by atoms with Crippen molar-refractivity contribution in [2.45, 2.75) is 26.3 Å². The number of aromatic nitrogens is 3. The van der Waals surface area contributed by atoms with Gasteiger partial charge in [0.1, 0.15) is 11.6 Å². The number of H-pyrrole nitrogens is 1. The molecule has 0 aliphatic carbocycles. The predicted molar refractivity (Wildman–Crippen MR) is 110 cm³/mol. The third-order valence-corrected chi connectivity index (χ3v) is 4.34. The highest BCUT2D eigenvalue weighted by Gasteiger charge is 2.07. The molecule has 0 bridgehead atoms. The highest BCUT2D eigenvalue weighted by Crippen LogP contribution is 2.19. The molecule has 0 aliphatic rings. The number of carbonyl (C=O) groups excluding carboxylic acids is 1. The van der Waals surface area contributed by atoms with E-state index >= 15 is 0 Å². The van der Waals surface area contributed by atoms with Gasteiger partial charge in [-0.25, -0.2) is 4.98 Å². The van der Waals surface area contributed by atoms with Crippen molar-refractivity contribution in [2.24, 2.45) is 0 Å². The van der Waals surface area contributed by atoms with Crippen molar-refractivity contribution in [3.05, 3.63) is 71.6 Å². The molecule has 0 radical (unpaired) electrons. The van der Waals surface area contributed by atoms with E-state index in [0.29, 0.717) is 17.6 Å². The topological polar surface area (TPSA) is 79.9 Å². The van der Waals surface area contributed by atoms with E-state index in [-0.39, 0.29) is 12.5 Å². The van der Waals surface area contributed by atoms with Crippen LogP contribution in [0.3, 0.4) is 0 Å². The van der Waals surface area contributed by atoms with Gasteiger partial charge in [0.2, 0.25) is 5.91 Å². The summed E-state index contributed by atoms with van der Waals surface area (Å²) in [6.45, 7) is 4.59. The molecule has 3 rings (SSSR count). The minimum Gasteiger partial charge on any atom is -0.497 e. The number of hydrogen-bond acceptors (Lipinski definition) is 4. The molecular weight excluding hydrogens is 352 g/mol. The van der Waals surface area contributed by atoms with Gasteiger partial charge in [-0.1, -0.05) is 38.1 Å². The number of benzene rings is 2. The average molecular weight is 376 g/mol. The Morgan fingerprint density at radius 1 is 1.14 bits per heavy atom. The lowest BCUT2D eigenvalue weighted by Crippen LogP contribution is -2.20. The van der Waals surface area contributed by atoms with Crippen molar-refractivity contribution in [3.63, 3.8) is 0 Å². The summed E-state index contributed by atoms with van der Waals surface area (Å²) in [5, 5.41) is 9.84. The van der Waals surface area contributed by atoms with Crippen LogP contribution in [-0.2, 0) is 11.3 Å². The lowest BCUT2D eigenvalue weighted by molar-refractivity contribution is -0.116. The summed E-state index contributed by atoms with van der Waals surface area (Å²) >= 11 is 0. The first-order chi connectivity index (χ1) is 13.5. The van der Waals surface area contributed by atoms with E-state index in [1.54, 1.807) is 13.2 Å². The first kappa shape index (κ1) is 19.4. The molecule has 6 heteroatoms. The maximum absolute atomic E-state index is 12.0. The summed E-state index contributed by atoms with van der Waals surface area (Å²) in [5.41, 5.74) is 3.14. The molecule has 0 saturated carbocycles. The second kappa shape index (κ2) is 8.99. The van der Waals surface area contributed by atoms with Gasteiger partial charge in [0.25, 0.3) is 0 Å². The lowest BCUT2D eigenvalue weighted by Gasteiger charge is -2.04. The van der Waals surface area contributed by atoms with E-state index in [1.165, 1.54) is 11.6 Å². The van der Waals surface area contributed by atoms with Crippen molar-refractivity contribution in [1.82, 2.24) is 20.5 Å². The van der Waals surface area contributed by atoms with Gasteiger partial charge in [-0.3, -0.25) is 9.89 Å². The number of carbonyl (C=O) groups is 1. The summed E-state index contributed by atoms with van der Waals surface area (Å²) in [6, 6.07) is 15.7. The first-order valence-electron chi connectivity index (χ1n) is 9.16. The van der Waals surface area contributed by atoms with Gasteiger partial charge in [0, 0.05) is 11.6 Å². The number of amides is 1. The van der Waals surface area contributed by atoms with Gasteiger partial charge in [-0.15, -0.1) is 0 Å². The average Bonchev–Trinajstić information content (AvgIpc) is 3.20. The molecule has 0 aliphatic heterocycles. The fourth-order valence-corrected chi connectivity index (χ4v) is 2.64. The number of rotatable bonds is 7. The summed E-state index contributed by atoms with van der Waals surface area (Å²) in [7, 11) is 1.62. The van der Waals surface area contributed by atoms with Crippen molar-refractivity contribution >= 4 is 12.0 Å². The van der Waals surface area contributed by atoms with Crippen molar-refractivity contribution in [2.75, 3.05) is 7.11 Å². The Hall–Kier alpha value is -3.41. The Morgan fingerprint density at radius 3 is 2.50 bits per heavy atom. The van der Waals surface area contributed by atoms with E-state index in [9.17, 15) is 4.79 Å². The zero-order chi connectivity index (χ0) is 19.9. The molecule has 2 N–H and O–H groups in total. The number of nitrogens with zero attached hydrogens (tertiary/aromatic N) is 2. The SMILES string of the molecule is COc1ccc(-c2n[nH]c(CNC(=O)/C=C/c3ccc(C(C)C)cc3)n2)cc1. The summed E-state index contributed by atoms with van der Waals surface area (Å²) < 4.78 is 5.14. The molecular formula is C22H24N4O2. The highest BCUT2D eigenvalue weighted by atomic mass is 16.5. The normalized spacial score (nSPS) is 11.1. The van der Waals surface area contributed by atoms with Crippen LogP contribution in [-0.4, -0.2) is 28.2 Å². The van der Waals surface area contributed by atoms with Gasteiger partial charge in [0.05, 0.1) is 13.7 Å². The Morgan fingerprint density at radius 2 is 1.86 bits per heavy atom. The van der Waals surface area contributed by atoms with E-state index in [4.69, 9.17) is 4.74 Å². The van der Waals surface area contributed by atoms with Crippen LogP contribution in [0, 0.1) is 0 Å². The Bertz CT molecular complexity index is 941. The Balaban J connectivity index is 1.53. The van der Waals surface area contributed by atoms with Crippen LogP contribution >= 0.6 is 0 Å². The molecule has 1 amide bonds. The molecule has 6 nitrogen and oxygen atoms in total. The quantitative estimate of drug-likeness (QED) is 0.612. The van der Waals surface area contributed by atoms with E-state index in [1.807, 2.05) is 36.4 Å². The third kappa shape index (κ3) is 5.07. The number of hydrogen-bond donors (Lipinski definition) is 2. The van der Waals surface area contributed by atoms with Crippen LogP contribution in [0.2, 0.25) is 0 Å². The minimum absolute atomic E-state index is 0.185. The zero-order valence-corrected chi connectivity index (χ0v) is 16.3. The molecule has 28 heavy (non-hydrogen) atoms.